The van der Waals surface area contributed by atoms with Crippen molar-refractivity contribution >= 4 is 17.5 Å². The van der Waals surface area contributed by atoms with E-state index in [4.69, 9.17) is 9.47 Å². The largest absolute Gasteiger partial charge is 0.491 e. The van der Waals surface area contributed by atoms with Crippen molar-refractivity contribution in [2.24, 2.45) is 0 Å². The molecule has 0 aromatic heterocycles. The quantitative estimate of drug-likeness (QED) is 0.513. The molecule has 0 radical (unpaired) electrons. The Labute approximate surface area is 193 Å². The van der Waals surface area contributed by atoms with Crippen LogP contribution in [0.1, 0.15) is 52.1 Å². The highest BCUT2D eigenvalue weighted by molar-refractivity contribution is 6.04. The van der Waals surface area contributed by atoms with E-state index in [2.05, 4.69) is 10.6 Å². The van der Waals surface area contributed by atoms with Crippen LogP contribution in [0.25, 0.3) is 0 Å². The number of anilines is 1. The molecule has 1 aliphatic rings. The molecule has 0 spiro atoms. The van der Waals surface area contributed by atoms with Crippen molar-refractivity contribution in [3.8, 4) is 5.75 Å². The third-order valence-corrected chi connectivity index (χ3v) is 5.63. The second-order valence-electron chi connectivity index (χ2n) is 8.11. The lowest BCUT2D eigenvalue weighted by Crippen LogP contribution is -2.26. The fourth-order valence-corrected chi connectivity index (χ4v) is 3.68. The van der Waals surface area contributed by atoms with E-state index >= 15 is 0 Å². The van der Waals surface area contributed by atoms with E-state index in [1.165, 1.54) is 0 Å². The summed E-state index contributed by atoms with van der Waals surface area (Å²) in [5.74, 6) is 0.320. The van der Waals surface area contributed by atoms with Gasteiger partial charge in [0.25, 0.3) is 11.8 Å². The highest BCUT2D eigenvalue weighted by atomic mass is 16.5. The second kappa shape index (κ2) is 10.8. The van der Waals surface area contributed by atoms with Gasteiger partial charge in [-0.3, -0.25) is 9.59 Å². The maximum Gasteiger partial charge on any atom is 0.255 e. The van der Waals surface area contributed by atoms with Gasteiger partial charge >= 0.3 is 0 Å². The zero-order chi connectivity index (χ0) is 23.0. The van der Waals surface area contributed by atoms with Crippen LogP contribution in [-0.4, -0.2) is 31.1 Å². The van der Waals surface area contributed by atoms with Crippen molar-refractivity contribution in [1.82, 2.24) is 5.32 Å². The lowest BCUT2D eigenvalue weighted by Gasteiger charge is -2.14. The van der Waals surface area contributed by atoms with E-state index in [1.807, 2.05) is 37.3 Å². The zero-order valence-corrected chi connectivity index (χ0v) is 18.6. The topological polar surface area (TPSA) is 76.7 Å². The molecular weight excluding hydrogens is 416 g/mol. The number of benzene rings is 3. The third-order valence-electron chi connectivity index (χ3n) is 5.63. The number of carbonyl (C=O) groups excluding carboxylic acids is 2. The normalized spacial score (nSPS) is 16.1. The predicted octanol–water partition coefficient (Wildman–Crippen LogP) is 4.99. The molecule has 0 bridgehead atoms. The van der Waals surface area contributed by atoms with E-state index in [9.17, 15) is 9.59 Å². The van der Waals surface area contributed by atoms with Gasteiger partial charge in [-0.05, 0) is 73.9 Å². The van der Waals surface area contributed by atoms with Gasteiger partial charge in [-0.25, -0.2) is 0 Å². The first kappa shape index (κ1) is 22.6. The minimum Gasteiger partial charge on any atom is -0.491 e. The van der Waals surface area contributed by atoms with E-state index in [0.717, 1.165) is 25.0 Å². The summed E-state index contributed by atoms with van der Waals surface area (Å²) in [4.78, 5) is 25.1. The Hall–Kier alpha value is -3.64. The van der Waals surface area contributed by atoms with E-state index in [-0.39, 0.29) is 24.0 Å². The molecule has 2 atom stereocenters. The molecule has 1 heterocycles. The Morgan fingerprint density at radius 1 is 0.939 bits per heavy atom. The van der Waals surface area contributed by atoms with Crippen LogP contribution in [0.4, 0.5) is 5.69 Å². The van der Waals surface area contributed by atoms with Crippen molar-refractivity contribution in [3.63, 3.8) is 0 Å². The number of nitrogens with one attached hydrogen (secondary N) is 2. The minimum absolute atomic E-state index is 0.101. The van der Waals surface area contributed by atoms with Gasteiger partial charge in [0, 0.05) is 23.4 Å². The van der Waals surface area contributed by atoms with Crippen LogP contribution in [0, 0.1) is 0 Å². The summed E-state index contributed by atoms with van der Waals surface area (Å²) in [5, 5.41) is 5.84. The van der Waals surface area contributed by atoms with Gasteiger partial charge in [0.05, 0.1) is 12.1 Å². The predicted molar refractivity (Wildman–Crippen MR) is 128 cm³/mol. The lowest BCUT2D eigenvalue weighted by molar-refractivity contribution is 0.0679. The molecule has 6 nitrogen and oxygen atoms in total. The fourth-order valence-electron chi connectivity index (χ4n) is 3.68. The Kier molecular flexibility index (Phi) is 7.37. The molecule has 1 fully saturated rings. The van der Waals surface area contributed by atoms with E-state index in [0.29, 0.717) is 29.2 Å². The molecule has 2 amide bonds. The van der Waals surface area contributed by atoms with Crippen molar-refractivity contribution in [1.29, 1.82) is 0 Å². The summed E-state index contributed by atoms with van der Waals surface area (Å²) < 4.78 is 11.3. The molecule has 3 aromatic carbocycles. The van der Waals surface area contributed by atoms with E-state index < -0.39 is 0 Å². The molecular formula is C27H28N2O4. The second-order valence-corrected chi connectivity index (χ2v) is 8.11. The minimum atomic E-state index is -0.226. The Morgan fingerprint density at radius 2 is 1.61 bits per heavy atom. The molecule has 1 saturated heterocycles. The molecule has 2 unspecified atom stereocenters. The average molecular weight is 445 g/mol. The molecule has 3 aromatic rings. The number of amides is 2. The van der Waals surface area contributed by atoms with Crippen molar-refractivity contribution in [3.05, 3.63) is 95.6 Å². The van der Waals surface area contributed by atoms with Gasteiger partial charge in [0.15, 0.2) is 0 Å². The highest BCUT2D eigenvalue weighted by Crippen LogP contribution is 2.18. The van der Waals surface area contributed by atoms with Crippen LogP contribution in [0.2, 0.25) is 0 Å². The summed E-state index contributed by atoms with van der Waals surface area (Å²) in [6, 6.07) is 23.6. The van der Waals surface area contributed by atoms with Gasteiger partial charge in [-0.15, -0.1) is 0 Å². The van der Waals surface area contributed by atoms with Crippen LogP contribution in [0.15, 0.2) is 78.9 Å². The van der Waals surface area contributed by atoms with Crippen LogP contribution >= 0.6 is 0 Å². The number of hydrogen-bond acceptors (Lipinski definition) is 4. The molecule has 4 rings (SSSR count). The summed E-state index contributed by atoms with van der Waals surface area (Å²) >= 11 is 0. The Bertz CT molecular complexity index is 1060. The molecule has 0 saturated carbocycles. The van der Waals surface area contributed by atoms with Crippen molar-refractivity contribution in [2.75, 3.05) is 18.5 Å². The van der Waals surface area contributed by atoms with Gasteiger partial charge in [-0.2, -0.15) is 0 Å². The number of ether oxygens (including phenoxy) is 2. The summed E-state index contributed by atoms with van der Waals surface area (Å²) in [6.45, 7) is 3.27. The Balaban J connectivity index is 1.29. The van der Waals surface area contributed by atoms with Crippen LogP contribution < -0.4 is 15.4 Å². The van der Waals surface area contributed by atoms with Crippen molar-refractivity contribution in [2.45, 2.75) is 31.9 Å². The molecule has 0 aliphatic carbocycles. The van der Waals surface area contributed by atoms with Gasteiger partial charge in [0.1, 0.15) is 12.4 Å². The first-order valence-electron chi connectivity index (χ1n) is 11.2. The highest BCUT2D eigenvalue weighted by Gasteiger charge is 2.16. The molecule has 170 valence electrons. The van der Waals surface area contributed by atoms with Crippen LogP contribution in [0.3, 0.4) is 0 Å². The molecule has 2 N–H and O–H groups in total. The first-order valence-corrected chi connectivity index (χ1v) is 11.2. The first-order chi connectivity index (χ1) is 16.1. The fraction of sp³-hybridized carbons (Fsp3) is 0.259. The average Bonchev–Trinajstić information content (AvgIpc) is 3.38. The molecule has 6 heteroatoms. The maximum atomic E-state index is 12.6. The van der Waals surface area contributed by atoms with Crippen molar-refractivity contribution < 1.29 is 19.1 Å². The summed E-state index contributed by atoms with van der Waals surface area (Å²) in [6.07, 6.45) is 2.25. The van der Waals surface area contributed by atoms with Gasteiger partial charge in [-0.1, -0.05) is 30.3 Å². The number of hydrogen-bond donors (Lipinski definition) is 2. The van der Waals surface area contributed by atoms with Crippen LogP contribution in [-0.2, 0) is 4.74 Å². The smallest absolute Gasteiger partial charge is 0.255 e. The monoisotopic (exact) mass is 444 g/mol. The standard InChI is InChI=1S/C27H28N2O4/c1-19(20-6-3-2-4-7-20)28-26(30)21-9-13-23(14-10-21)29-27(31)22-11-15-24(16-12-22)33-18-25-8-5-17-32-25/h2-4,6-7,9-16,19,25H,5,8,17-18H2,1H3,(H,28,30)(H,29,31). The number of rotatable bonds is 8. The van der Waals surface area contributed by atoms with Gasteiger partial charge in [0.2, 0.25) is 0 Å². The lowest BCUT2D eigenvalue weighted by atomic mass is 10.1. The summed E-state index contributed by atoms with van der Waals surface area (Å²) in [5.41, 5.74) is 2.71. The summed E-state index contributed by atoms with van der Waals surface area (Å²) in [7, 11) is 0. The zero-order valence-electron chi connectivity index (χ0n) is 18.6. The number of carbonyl (C=O) groups is 2. The molecule has 1 aliphatic heterocycles. The van der Waals surface area contributed by atoms with Gasteiger partial charge < -0.3 is 20.1 Å². The maximum absolute atomic E-state index is 12.6. The molecule has 33 heavy (non-hydrogen) atoms. The third kappa shape index (κ3) is 6.20. The van der Waals surface area contributed by atoms with E-state index in [1.54, 1.807) is 48.5 Å². The SMILES string of the molecule is CC(NC(=O)c1ccc(NC(=O)c2ccc(OCC3CCCO3)cc2)cc1)c1ccccc1. The van der Waals surface area contributed by atoms with Crippen LogP contribution in [0.5, 0.6) is 5.75 Å². The Morgan fingerprint density at radius 3 is 2.27 bits per heavy atom.